The summed E-state index contributed by atoms with van der Waals surface area (Å²) in [5.74, 6) is -1.71. The first kappa shape index (κ1) is 35.3. The number of nitrogens with zero attached hydrogens (tertiary/aromatic N) is 2. The third kappa shape index (κ3) is 9.54. The number of nitrogens with one attached hydrogen (secondary N) is 1. The fourth-order valence-corrected chi connectivity index (χ4v) is 6.11. The lowest BCUT2D eigenvalue weighted by atomic mass is 9.86. The normalized spacial score (nSPS) is 19.5. The summed E-state index contributed by atoms with van der Waals surface area (Å²) in [6.45, 7) is 12.6. The Balaban J connectivity index is 2.13. The molecule has 9 nitrogen and oxygen atoms in total. The average molecular weight is 588 g/mol. The SMILES string of the molecule is CC[C@H](C)[C@@H](C(CC(=O)N1CCCC1[C@H](C)C(C)C(=O)N[C@H](Cc1ccccc1)C(=O)O)OC)N(C)C(=O)CC(C)C. The van der Waals surface area contributed by atoms with Crippen LogP contribution in [-0.4, -0.2) is 83.5 Å². The summed E-state index contributed by atoms with van der Waals surface area (Å²) < 4.78 is 5.88. The summed E-state index contributed by atoms with van der Waals surface area (Å²) in [5.41, 5.74) is 0.832. The van der Waals surface area contributed by atoms with Gasteiger partial charge in [0.25, 0.3) is 0 Å². The highest BCUT2D eigenvalue weighted by atomic mass is 16.5. The van der Waals surface area contributed by atoms with Gasteiger partial charge in [-0.2, -0.15) is 0 Å². The monoisotopic (exact) mass is 587 g/mol. The number of carboxylic acids is 1. The van der Waals surface area contributed by atoms with Crippen LogP contribution < -0.4 is 5.32 Å². The molecule has 1 aliphatic rings. The van der Waals surface area contributed by atoms with Crippen LogP contribution in [0.2, 0.25) is 0 Å². The number of carbonyl (C=O) groups excluding carboxylic acids is 3. The van der Waals surface area contributed by atoms with Crippen molar-refractivity contribution in [2.75, 3.05) is 20.7 Å². The molecule has 2 N–H and O–H groups in total. The molecule has 9 heteroatoms. The zero-order chi connectivity index (χ0) is 31.6. The molecule has 3 unspecified atom stereocenters. The summed E-state index contributed by atoms with van der Waals surface area (Å²) in [4.78, 5) is 55.5. The van der Waals surface area contributed by atoms with Gasteiger partial charge in [-0.05, 0) is 36.2 Å². The number of amides is 3. The molecule has 1 saturated heterocycles. The van der Waals surface area contributed by atoms with Crippen molar-refractivity contribution < 1.29 is 29.0 Å². The van der Waals surface area contributed by atoms with Crippen molar-refractivity contribution in [1.29, 1.82) is 0 Å². The van der Waals surface area contributed by atoms with E-state index in [0.29, 0.717) is 13.0 Å². The molecule has 1 heterocycles. The lowest BCUT2D eigenvalue weighted by Crippen LogP contribution is -2.52. The first-order chi connectivity index (χ1) is 19.8. The maximum Gasteiger partial charge on any atom is 0.326 e. The van der Waals surface area contributed by atoms with Gasteiger partial charge in [0, 0.05) is 45.5 Å². The highest BCUT2D eigenvalue weighted by Gasteiger charge is 2.40. The largest absolute Gasteiger partial charge is 0.480 e. The number of hydrogen-bond donors (Lipinski definition) is 2. The Morgan fingerprint density at radius 3 is 2.26 bits per heavy atom. The third-order valence-electron chi connectivity index (χ3n) is 9.04. The molecule has 42 heavy (non-hydrogen) atoms. The van der Waals surface area contributed by atoms with Crippen LogP contribution in [0.1, 0.15) is 79.2 Å². The van der Waals surface area contributed by atoms with Gasteiger partial charge >= 0.3 is 5.97 Å². The van der Waals surface area contributed by atoms with Gasteiger partial charge in [-0.25, -0.2) is 4.79 Å². The summed E-state index contributed by atoms with van der Waals surface area (Å²) in [7, 11) is 3.40. The second kappa shape index (κ2) is 16.6. The first-order valence-corrected chi connectivity index (χ1v) is 15.5. The van der Waals surface area contributed by atoms with Gasteiger partial charge < -0.3 is 25.0 Å². The van der Waals surface area contributed by atoms with Crippen LogP contribution in [0.4, 0.5) is 0 Å². The van der Waals surface area contributed by atoms with Crippen LogP contribution in [0.25, 0.3) is 0 Å². The van der Waals surface area contributed by atoms with Crippen LogP contribution in [0.3, 0.4) is 0 Å². The van der Waals surface area contributed by atoms with E-state index in [2.05, 4.69) is 19.2 Å². The van der Waals surface area contributed by atoms with Crippen LogP contribution in [0.15, 0.2) is 30.3 Å². The Kier molecular flexibility index (Phi) is 14.0. The molecule has 0 spiro atoms. The molecule has 0 aromatic heterocycles. The number of benzene rings is 1. The molecule has 1 aliphatic heterocycles. The Bertz CT molecular complexity index is 1030. The highest BCUT2D eigenvalue weighted by Crippen LogP contribution is 2.31. The number of likely N-dealkylation sites (tertiary alicyclic amines) is 1. The number of likely N-dealkylation sites (N-methyl/N-ethyl adjacent to an activating group) is 1. The lowest BCUT2D eigenvalue weighted by molar-refractivity contribution is -0.144. The highest BCUT2D eigenvalue weighted by molar-refractivity contribution is 5.85. The molecule has 1 aromatic rings. The molecule has 236 valence electrons. The van der Waals surface area contributed by atoms with E-state index in [1.165, 1.54) is 0 Å². The molecule has 2 rings (SSSR count). The van der Waals surface area contributed by atoms with Crippen molar-refractivity contribution in [3.63, 3.8) is 0 Å². The van der Waals surface area contributed by atoms with Gasteiger partial charge in [-0.15, -0.1) is 0 Å². The van der Waals surface area contributed by atoms with Crippen molar-refractivity contribution in [1.82, 2.24) is 15.1 Å². The number of methoxy groups -OCH3 is 1. The third-order valence-corrected chi connectivity index (χ3v) is 9.04. The molecule has 0 aliphatic carbocycles. The Labute approximate surface area is 252 Å². The van der Waals surface area contributed by atoms with E-state index in [-0.39, 0.29) is 60.4 Å². The fourth-order valence-electron chi connectivity index (χ4n) is 6.11. The van der Waals surface area contributed by atoms with E-state index in [0.717, 1.165) is 24.8 Å². The molecule has 3 amide bonds. The maximum atomic E-state index is 13.7. The molecule has 0 radical (unpaired) electrons. The molecular weight excluding hydrogens is 534 g/mol. The second-order valence-corrected chi connectivity index (χ2v) is 12.5. The molecule has 1 aromatic carbocycles. The first-order valence-electron chi connectivity index (χ1n) is 15.5. The van der Waals surface area contributed by atoms with Gasteiger partial charge in [0.1, 0.15) is 6.04 Å². The number of hydrogen-bond acceptors (Lipinski definition) is 5. The Morgan fingerprint density at radius 2 is 1.71 bits per heavy atom. The minimum atomic E-state index is -1.08. The number of rotatable bonds is 16. The molecular formula is C33H53N3O6. The lowest BCUT2D eigenvalue weighted by Gasteiger charge is -2.39. The fraction of sp³-hybridized carbons (Fsp3) is 0.697. The summed E-state index contributed by atoms with van der Waals surface area (Å²) in [6.07, 6.45) is 2.77. The number of carboxylic acid groups (broad SMARTS) is 1. The summed E-state index contributed by atoms with van der Waals surface area (Å²) in [5, 5.41) is 12.5. The Hall–Kier alpha value is -2.94. The van der Waals surface area contributed by atoms with Crippen LogP contribution in [-0.2, 0) is 30.3 Å². The van der Waals surface area contributed by atoms with Gasteiger partial charge in [-0.1, -0.05) is 78.3 Å². The van der Waals surface area contributed by atoms with Crippen molar-refractivity contribution >= 4 is 23.7 Å². The zero-order valence-corrected chi connectivity index (χ0v) is 26.8. The zero-order valence-electron chi connectivity index (χ0n) is 26.8. The standard InChI is InChI=1S/C33H53N3O6/c1-9-22(4)31(35(7)29(37)18-21(2)3)28(42-8)20-30(38)36-17-13-16-27(36)23(5)24(6)32(39)34-26(33(40)41)19-25-14-11-10-12-15-25/h10-12,14-15,21-24,26-28,31H,9,13,16-20H2,1-8H3,(H,34,39)(H,40,41)/t22-,23+,24?,26+,27?,28?,31-/m0/s1. The number of aliphatic carboxylic acids is 1. The topological polar surface area (TPSA) is 116 Å². The average Bonchev–Trinajstić information content (AvgIpc) is 3.45. The smallest absolute Gasteiger partial charge is 0.326 e. The van der Waals surface area contributed by atoms with Gasteiger partial charge in [-0.3, -0.25) is 14.4 Å². The van der Waals surface area contributed by atoms with Gasteiger partial charge in [0.05, 0.1) is 18.6 Å². The van der Waals surface area contributed by atoms with E-state index in [9.17, 15) is 24.3 Å². The minimum absolute atomic E-state index is 0.0456. The van der Waals surface area contributed by atoms with Crippen molar-refractivity contribution in [3.8, 4) is 0 Å². The van der Waals surface area contributed by atoms with E-state index in [4.69, 9.17) is 4.74 Å². The second-order valence-electron chi connectivity index (χ2n) is 12.5. The quantitative estimate of drug-likeness (QED) is 0.297. The molecule has 0 bridgehead atoms. The summed E-state index contributed by atoms with van der Waals surface area (Å²) in [6, 6.07) is 7.80. The molecule has 1 fully saturated rings. The van der Waals surface area contributed by atoms with Gasteiger partial charge in [0.15, 0.2) is 0 Å². The number of carbonyl (C=O) groups is 4. The minimum Gasteiger partial charge on any atom is -0.480 e. The van der Waals surface area contributed by atoms with E-state index in [1.807, 2.05) is 56.0 Å². The summed E-state index contributed by atoms with van der Waals surface area (Å²) >= 11 is 0. The van der Waals surface area contributed by atoms with Crippen molar-refractivity contribution in [3.05, 3.63) is 35.9 Å². The van der Waals surface area contributed by atoms with E-state index < -0.39 is 24.0 Å². The van der Waals surface area contributed by atoms with Crippen LogP contribution in [0.5, 0.6) is 0 Å². The predicted octanol–water partition coefficient (Wildman–Crippen LogP) is 4.39. The predicted molar refractivity (Wildman–Crippen MR) is 164 cm³/mol. The van der Waals surface area contributed by atoms with Crippen molar-refractivity contribution in [2.45, 2.75) is 104 Å². The maximum absolute atomic E-state index is 13.7. The van der Waals surface area contributed by atoms with E-state index in [1.54, 1.807) is 26.0 Å². The number of ether oxygens (including phenoxy) is 1. The van der Waals surface area contributed by atoms with Gasteiger partial charge in [0.2, 0.25) is 17.7 Å². The molecule has 0 saturated carbocycles. The molecule has 7 atom stereocenters. The van der Waals surface area contributed by atoms with Crippen molar-refractivity contribution in [2.24, 2.45) is 23.7 Å². The Morgan fingerprint density at radius 1 is 1.07 bits per heavy atom. The van der Waals surface area contributed by atoms with Crippen LogP contribution >= 0.6 is 0 Å². The van der Waals surface area contributed by atoms with E-state index >= 15 is 0 Å². The van der Waals surface area contributed by atoms with Crippen LogP contribution in [0, 0.1) is 23.7 Å².